The minimum absolute atomic E-state index is 0.0131. The number of halogens is 3. The molecular formula is C22H24Cl2INO2. The molecule has 0 spiro atoms. The fourth-order valence-electron chi connectivity index (χ4n) is 3.73. The van der Waals surface area contributed by atoms with E-state index in [9.17, 15) is 4.79 Å². The molecule has 0 heterocycles. The Balaban J connectivity index is 1.97. The largest absolute Gasteiger partial charge is 0.444 e. The highest BCUT2D eigenvalue weighted by atomic mass is 127. The normalized spacial score (nSPS) is 19.1. The van der Waals surface area contributed by atoms with Crippen LogP contribution in [0.5, 0.6) is 0 Å². The number of amides is 1. The number of nitrogens with zero attached hydrogens (tertiary/aromatic N) is 1. The second kappa shape index (κ2) is 8.41. The van der Waals surface area contributed by atoms with Crippen molar-refractivity contribution in [2.75, 3.05) is 7.05 Å². The highest BCUT2D eigenvalue weighted by Crippen LogP contribution is 2.45. The molecule has 1 aliphatic rings. The van der Waals surface area contributed by atoms with Crippen LogP contribution < -0.4 is 0 Å². The summed E-state index contributed by atoms with van der Waals surface area (Å²) in [7, 11) is 1.82. The van der Waals surface area contributed by atoms with Crippen molar-refractivity contribution in [3.05, 3.63) is 66.7 Å². The van der Waals surface area contributed by atoms with Crippen molar-refractivity contribution in [1.82, 2.24) is 4.90 Å². The Labute approximate surface area is 190 Å². The quantitative estimate of drug-likeness (QED) is 0.377. The molecule has 0 saturated carbocycles. The van der Waals surface area contributed by atoms with E-state index in [1.54, 1.807) is 4.90 Å². The van der Waals surface area contributed by atoms with Crippen LogP contribution in [0.15, 0.2) is 36.4 Å². The van der Waals surface area contributed by atoms with Crippen LogP contribution in [-0.2, 0) is 4.74 Å². The lowest BCUT2D eigenvalue weighted by molar-refractivity contribution is 0.0202. The average Bonchev–Trinajstić information content (AvgIpc) is 2.61. The monoisotopic (exact) mass is 531 g/mol. The highest BCUT2D eigenvalue weighted by Gasteiger charge is 2.34. The summed E-state index contributed by atoms with van der Waals surface area (Å²) in [5.41, 5.74) is 3.03. The number of ether oxygens (including phenoxy) is 1. The summed E-state index contributed by atoms with van der Waals surface area (Å²) >= 11 is 14.7. The smallest absolute Gasteiger partial charge is 0.410 e. The molecule has 3 nitrogen and oxygen atoms in total. The van der Waals surface area contributed by atoms with Crippen molar-refractivity contribution in [3.8, 4) is 0 Å². The summed E-state index contributed by atoms with van der Waals surface area (Å²) in [6.45, 7) is 5.66. The molecule has 0 radical (unpaired) electrons. The maximum atomic E-state index is 12.6. The average molecular weight is 532 g/mol. The summed E-state index contributed by atoms with van der Waals surface area (Å²) in [4.78, 5) is 14.4. The van der Waals surface area contributed by atoms with Gasteiger partial charge in [0.2, 0.25) is 0 Å². The van der Waals surface area contributed by atoms with Crippen molar-refractivity contribution in [2.24, 2.45) is 0 Å². The van der Waals surface area contributed by atoms with Gasteiger partial charge in [0.15, 0.2) is 0 Å². The van der Waals surface area contributed by atoms with E-state index in [1.165, 1.54) is 9.13 Å². The van der Waals surface area contributed by atoms with Crippen LogP contribution in [-0.4, -0.2) is 23.6 Å². The van der Waals surface area contributed by atoms with Gasteiger partial charge >= 0.3 is 6.09 Å². The van der Waals surface area contributed by atoms with E-state index in [1.807, 2.05) is 46.0 Å². The molecule has 150 valence electrons. The van der Waals surface area contributed by atoms with Gasteiger partial charge in [-0.05, 0) is 97.2 Å². The molecule has 0 bridgehead atoms. The Hall–Kier alpha value is -0.980. The molecule has 1 amide bonds. The number of carbonyl (C=O) groups excluding carboxylic acids is 1. The predicted octanol–water partition coefficient (Wildman–Crippen LogP) is 7.43. The minimum Gasteiger partial charge on any atom is -0.444 e. The van der Waals surface area contributed by atoms with Gasteiger partial charge < -0.3 is 9.64 Å². The van der Waals surface area contributed by atoms with E-state index in [4.69, 9.17) is 27.9 Å². The first-order valence-corrected chi connectivity index (χ1v) is 11.1. The Bertz CT molecular complexity index is 895. The molecule has 0 aromatic heterocycles. The third-order valence-electron chi connectivity index (χ3n) is 5.01. The van der Waals surface area contributed by atoms with E-state index in [-0.39, 0.29) is 18.1 Å². The zero-order valence-electron chi connectivity index (χ0n) is 16.4. The molecule has 0 fully saturated rings. The van der Waals surface area contributed by atoms with Crippen LogP contribution >= 0.6 is 45.8 Å². The lowest BCUT2D eigenvalue weighted by Crippen LogP contribution is -2.38. The maximum Gasteiger partial charge on any atom is 0.410 e. The number of rotatable bonds is 2. The fourth-order valence-corrected chi connectivity index (χ4v) is 4.55. The van der Waals surface area contributed by atoms with Gasteiger partial charge in [-0.2, -0.15) is 0 Å². The van der Waals surface area contributed by atoms with E-state index in [0.717, 1.165) is 24.0 Å². The van der Waals surface area contributed by atoms with Crippen LogP contribution in [0.2, 0.25) is 10.0 Å². The molecule has 6 heteroatoms. The van der Waals surface area contributed by atoms with Crippen LogP contribution in [0.3, 0.4) is 0 Å². The number of hydrogen-bond acceptors (Lipinski definition) is 2. The van der Waals surface area contributed by atoms with Gasteiger partial charge in [-0.1, -0.05) is 35.3 Å². The molecule has 2 aromatic rings. The molecule has 28 heavy (non-hydrogen) atoms. The van der Waals surface area contributed by atoms with Crippen molar-refractivity contribution in [1.29, 1.82) is 0 Å². The second-order valence-corrected chi connectivity index (χ2v) is 10.2. The lowest BCUT2D eigenvalue weighted by Gasteiger charge is -2.37. The van der Waals surface area contributed by atoms with Gasteiger partial charge in [0.1, 0.15) is 5.60 Å². The SMILES string of the molecule is CN(C(=O)OC(C)(C)C)[C@H]1CC[C@@H](c2ccc(Cl)c(Cl)c2)c2cc(I)ccc21. The molecular weight excluding hydrogens is 508 g/mol. The molecule has 2 aromatic carbocycles. The molecule has 3 rings (SSSR count). The molecule has 2 atom stereocenters. The first-order chi connectivity index (χ1) is 13.1. The third-order valence-corrected chi connectivity index (χ3v) is 6.42. The van der Waals surface area contributed by atoms with Gasteiger partial charge in [-0.25, -0.2) is 4.79 Å². The Kier molecular flexibility index (Phi) is 6.52. The van der Waals surface area contributed by atoms with Crippen LogP contribution in [0.25, 0.3) is 0 Å². The number of benzene rings is 2. The minimum atomic E-state index is -0.516. The second-order valence-electron chi connectivity index (χ2n) is 8.18. The van der Waals surface area contributed by atoms with Crippen molar-refractivity contribution >= 4 is 51.9 Å². The van der Waals surface area contributed by atoms with Crippen LogP contribution in [0.4, 0.5) is 4.79 Å². The number of carbonyl (C=O) groups is 1. The summed E-state index contributed by atoms with van der Waals surface area (Å²) < 4.78 is 6.75. The van der Waals surface area contributed by atoms with Crippen LogP contribution in [0.1, 0.15) is 62.3 Å². The molecule has 1 aliphatic carbocycles. The number of fused-ring (bicyclic) bond motifs is 1. The predicted molar refractivity (Wildman–Crippen MR) is 123 cm³/mol. The number of hydrogen-bond donors (Lipinski definition) is 0. The van der Waals surface area contributed by atoms with Crippen molar-refractivity contribution < 1.29 is 9.53 Å². The first kappa shape index (κ1) is 21.7. The van der Waals surface area contributed by atoms with E-state index in [0.29, 0.717) is 10.0 Å². The van der Waals surface area contributed by atoms with Gasteiger partial charge in [-0.3, -0.25) is 0 Å². The molecule has 0 unspecified atom stereocenters. The van der Waals surface area contributed by atoms with Gasteiger partial charge in [0, 0.05) is 16.5 Å². The molecule has 0 N–H and O–H groups in total. The topological polar surface area (TPSA) is 29.5 Å². The van der Waals surface area contributed by atoms with Crippen molar-refractivity contribution in [3.63, 3.8) is 0 Å². The van der Waals surface area contributed by atoms with Crippen molar-refractivity contribution in [2.45, 2.75) is 51.2 Å². The lowest BCUT2D eigenvalue weighted by atomic mass is 9.76. The van der Waals surface area contributed by atoms with Gasteiger partial charge in [0.05, 0.1) is 16.1 Å². The van der Waals surface area contributed by atoms with Gasteiger partial charge in [-0.15, -0.1) is 0 Å². The molecule has 0 saturated heterocycles. The Morgan fingerprint density at radius 3 is 2.43 bits per heavy atom. The van der Waals surface area contributed by atoms with Gasteiger partial charge in [0.25, 0.3) is 0 Å². The zero-order valence-corrected chi connectivity index (χ0v) is 20.1. The first-order valence-electron chi connectivity index (χ1n) is 9.27. The summed E-state index contributed by atoms with van der Waals surface area (Å²) in [6.07, 6.45) is 1.48. The highest BCUT2D eigenvalue weighted by molar-refractivity contribution is 14.1. The summed E-state index contributed by atoms with van der Waals surface area (Å²) in [6, 6.07) is 12.3. The summed E-state index contributed by atoms with van der Waals surface area (Å²) in [5, 5.41) is 1.13. The Morgan fingerprint density at radius 2 is 1.79 bits per heavy atom. The summed E-state index contributed by atoms with van der Waals surface area (Å²) in [5.74, 6) is 0.225. The van der Waals surface area contributed by atoms with E-state index >= 15 is 0 Å². The third kappa shape index (κ3) is 4.77. The van der Waals surface area contributed by atoms with E-state index < -0.39 is 5.60 Å². The maximum absolute atomic E-state index is 12.6. The fraction of sp³-hybridized carbons (Fsp3) is 0.409. The van der Waals surface area contributed by atoms with E-state index in [2.05, 4.69) is 40.8 Å². The molecule has 0 aliphatic heterocycles. The zero-order chi connectivity index (χ0) is 20.6. The van der Waals surface area contributed by atoms with Crippen LogP contribution in [0, 0.1) is 3.57 Å². The standard InChI is InChI=1S/C22H24Cl2INO2/c1-22(2,3)28-21(27)26(4)20-10-8-15(13-5-9-18(23)19(24)11-13)17-12-14(25)6-7-16(17)20/h5-7,9,11-12,15,20H,8,10H2,1-4H3/t15-,20-/m0/s1. The Morgan fingerprint density at radius 1 is 1.07 bits per heavy atom.